The number of hydrogen-bond donors (Lipinski definition) is 3. The highest BCUT2D eigenvalue weighted by Gasteiger charge is 2.22. The van der Waals surface area contributed by atoms with Gasteiger partial charge in [-0.1, -0.05) is 0 Å². The van der Waals surface area contributed by atoms with Gasteiger partial charge in [0.2, 0.25) is 10.0 Å². The van der Waals surface area contributed by atoms with Crippen molar-refractivity contribution in [2.75, 3.05) is 13.7 Å². The fourth-order valence-corrected chi connectivity index (χ4v) is 2.27. The highest BCUT2D eigenvalue weighted by Crippen LogP contribution is 2.10. The molecule has 96 valence electrons. The Morgan fingerprint density at radius 3 is 2.82 bits per heavy atom. The number of carbonyl (C=O) groups is 1. The SMILES string of the molecule is COC(=O)C(O)CNS(=O)(=O)c1cn[nH]c1C. The molecule has 1 aromatic heterocycles. The number of nitrogens with one attached hydrogen (secondary N) is 2. The topological polar surface area (TPSA) is 121 Å². The molecule has 1 rings (SSSR count). The first-order valence-electron chi connectivity index (χ1n) is 4.64. The third kappa shape index (κ3) is 3.25. The first-order valence-corrected chi connectivity index (χ1v) is 6.12. The highest BCUT2D eigenvalue weighted by molar-refractivity contribution is 7.89. The maximum absolute atomic E-state index is 11.7. The summed E-state index contributed by atoms with van der Waals surface area (Å²) in [5.74, 6) is -0.906. The lowest BCUT2D eigenvalue weighted by Gasteiger charge is -2.09. The molecule has 0 aromatic carbocycles. The molecule has 8 nitrogen and oxygen atoms in total. The van der Waals surface area contributed by atoms with Gasteiger partial charge in [0.15, 0.2) is 6.10 Å². The van der Waals surface area contributed by atoms with Gasteiger partial charge in [0.1, 0.15) is 4.90 Å². The number of aromatic amines is 1. The van der Waals surface area contributed by atoms with Gasteiger partial charge in [-0.3, -0.25) is 5.10 Å². The summed E-state index contributed by atoms with van der Waals surface area (Å²) in [6.07, 6.45) is -0.399. The summed E-state index contributed by atoms with van der Waals surface area (Å²) in [5, 5.41) is 15.3. The van der Waals surface area contributed by atoms with E-state index in [2.05, 4.69) is 19.7 Å². The zero-order valence-electron chi connectivity index (χ0n) is 9.30. The highest BCUT2D eigenvalue weighted by atomic mass is 32.2. The third-order valence-electron chi connectivity index (χ3n) is 2.01. The molecule has 0 fully saturated rings. The van der Waals surface area contributed by atoms with E-state index in [4.69, 9.17) is 0 Å². The lowest BCUT2D eigenvalue weighted by atomic mass is 10.4. The predicted octanol–water partition coefficient (Wildman–Crippen LogP) is -1.47. The van der Waals surface area contributed by atoms with E-state index in [0.717, 1.165) is 13.3 Å². The Labute approximate surface area is 98.0 Å². The third-order valence-corrected chi connectivity index (χ3v) is 3.55. The lowest BCUT2D eigenvalue weighted by molar-refractivity contribution is -0.149. The minimum Gasteiger partial charge on any atom is -0.467 e. The molecule has 0 amide bonds. The molecule has 3 N–H and O–H groups in total. The van der Waals surface area contributed by atoms with Gasteiger partial charge in [-0.25, -0.2) is 17.9 Å². The number of rotatable bonds is 5. The zero-order valence-corrected chi connectivity index (χ0v) is 10.1. The van der Waals surface area contributed by atoms with E-state index in [1.807, 2.05) is 0 Å². The van der Waals surface area contributed by atoms with Gasteiger partial charge < -0.3 is 9.84 Å². The number of sulfonamides is 1. The van der Waals surface area contributed by atoms with Crippen LogP contribution in [0.25, 0.3) is 0 Å². The van der Waals surface area contributed by atoms with Crippen LogP contribution in [0.3, 0.4) is 0 Å². The summed E-state index contributed by atoms with van der Waals surface area (Å²) in [6.45, 7) is 1.08. The van der Waals surface area contributed by atoms with Gasteiger partial charge >= 0.3 is 5.97 Å². The monoisotopic (exact) mass is 263 g/mol. The zero-order chi connectivity index (χ0) is 13.1. The summed E-state index contributed by atoms with van der Waals surface area (Å²) in [4.78, 5) is 10.8. The Morgan fingerprint density at radius 1 is 1.71 bits per heavy atom. The van der Waals surface area contributed by atoms with Crippen molar-refractivity contribution in [3.05, 3.63) is 11.9 Å². The number of aryl methyl sites for hydroxylation is 1. The van der Waals surface area contributed by atoms with E-state index in [0.29, 0.717) is 5.69 Å². The Balaban J connectivity index is 2.70. The van der Waals surface area contributed by atoms with Gasteiger partial charge in [-0.05, 0) is 6.92 Å². The van der Waals surface area contributed by atoms with Crippen LogP contribution in [0.15, 0.2) is 11.1 Å². The summed E-state index contributed by atoms with van der Waals surface area (Å²) >= 11 is 0. The van der Waals surface area contributed by atoms with Crippen LogP contribution in [-0.2, 0) is 19.6 Å². The van der Waals surface area contributed by atoms with Gasteiger partial charge in [-0.15, -0.1) is 0 Å². The summed E-state index contributed by atoms with van der Waals surface area (Å²) in [7, 11) is -2.70. The number of hydrogen-bond acceptors (Lipinski definition) is 6. The molecule has 1 atom stereocenters. The fraction of sp³-hybridized carbons (Fsp3) is 0.500. The van der Waals surface area contributed by atoms with Crippen molar-refractivity contribution >= 4 is 16.0 Å². The first-order chi connectivity index (χ1) is 7.88. The van der Waals surface area contributed by atoms with E-state index in [1.54, 1.807) is 0 Å². The Hall–Kier alpha value is -1.45. The van der Waals surface area contributed by atoms with Crippen LogP contribution in [0.5, 0.6) is 0 Å². The smallest absolute Gasteiger partial charge is 0.336 e. The van der Waals surface area contributed by atoms with Crippen molar-refractivity contribution in [2.45, 2.75) is 17.9 Å². The van der Waals surface area contributed by atoms with Crippen molar-refractivity contribution < 1.29 is 23.1 Å². The Bertz CT molecular complexity index is 495. The maximum atomic E-state index is 11.7. The van der Waals surface area contributed by atoms with E-state index >= 15 is 0 Å². The number of aromatic nitrogens is 2. The minimum absolute atomic E-state index is 0.0328. The van der Waals surface area contributed by atoms with Crippen LogP contribution in [0.2, 0.25) is 0 Å². The van der Waals surface area contributed by atoms with Crippen LogP contribution in [0.1, 0.15) is 5.69 Å². The number of aliphatic hydroxyl groups is 1. The number of methoxy groups -OCH3 is 1. The van der Waals surface area contributed by atoms with Crippen LogP contribution >= 0.6 is 0 Å². The average Bonchev–Trinajstić information content (AvgIpc) is 2.72. The molecule has 0 spiro atoms. The molecule has 0 bridgehead atoms. The minimum atomic E-state index is -3.80. The molecule has 0 aliphatic carbocycles. The number of ether oxygens (including phenoxy) is 1. The summed E-state index contributed by atoms with van der Waals surface area (Å²) < 4.78 is 29.7. The number of nitrogens with zero attached hydrogens (tertiary/aromatic N) is 1. The second kappa shape index (κ2) is 5.25. The Morgan fingerprint density at radius 2 is 2.35 bits per heavy atom. The van der Waals surface area contributed by atoms with E-state index in [1.165, 1.54) is 6.92 Å². The molecular formula is C8H13N3O5S. The molecule has 1 unspecified atom stereocenters. The molecule has 9 heteroatoms. The standard InChI is InChI=1S/C8H13N3O5S/c1-5-7(4-9-11-5)17(14,15)10-3-6(12)8(13)16-2/h4,6,10,12H,3H2,1-2H3,(H,9,11). The van der Waals surface area contributed by atoms with E-state index in [9.17, 15) is 18.3 Å². The second-order valence-corrected chi connectivity index (χ2v) is 4.99. The van der Waals surface area contributed by atoms with Gasteiger partial charge in [-0.2, -0.15) is 5.10 Å². The summed E-state index contributed by atoms with van der Waals surface area (Å²) in [6, 6.07) is 0. The molecular weight excluding hydrogens is 250 g/mol. The molecule has 0 aliphatic heterocycles. The molecule has 0 radical (unpaired) electrons. The normalized spacial score (nSPS) is 13.4. The molecule has 1 heterocycles. The van der Waals surface area contributed by atoms with Crippen LogP contribution in [0.4, 0.5) is 0 Å². The predicted molar refractivity (Wildman–Crippen MR) is 56.5 cm³/mol. The van der Waals surface area contributed by atoms with Crippen LogP contribution in [0, 0.1) is 6.92 Å². The van der Waals surface area contributed by atoms with Gasteiger partial charge in [0.05, 0.1) is 19.0 Å². The van der Waals surface area contributed by atoms with E-state index < -0.39 is 28.6 Å². The van der Waals surface area contributed by atoms with Crippen molar-refractivity contribution in [1.82, 2.24) is 14.9 Å². The van der Waals surface area contributed by atoms with Crippen molar-refractivity contribution in [3.63, 3.8) is 0 Å². The lowest BCUT2D eigenvalue weighted by Crippen LogP contribution is -2.37. The number of esters is 1. The molecule has 17 heavy (non-hydrogen) atoms. The second-order valence-electron chi connectivity index (χ2n) is 3.25. The number of H-pyrrole nitrogens is 1. The quantitative estimate of drug-likeness (QED) is 0.558. The first kappa shape index (κ1) is 13.6. The molecule has 1 aromatic rings. The van der Waals surface area contributed by atoms with Crippen molar-refractivity contribution in [2.24, 2.45) is 0 Å². The van der Waals surface area contributed by atoms with Gasteiger partial charge in [0.25, 0.3) is 0 Å². The van der Waals surface area contributed by atoms with E-state index in [-0.39, 0.29) is 4.90 Å². The van der Waals surface area contributed by atoms with Crippen molar-refractivity contribution in [3.8, 4) is 0 Å². The average molecular weight is 263 g/mol. The van der Waals surface area contributed by atoms with Crippen LogP contribution in [-0.4, -0.2) is 49.4 Å². The number of carbonyl (C=O) groups excluding carboxylic acids is 1. The van der Waals surface area contributed by atoms with Gasteiger partial charge in [0, 0.05) is 6.54 Å². The largest absolute Gasteiger partial charge is 0.467 e. The Kier molecular flexibility index (Phi) is 4.21. The summed E-state index contributed by atoms with van der Waals surface area (Å²) in [5.41, 5.74) is 0.366. The molecule has 0 saturated carbocycles. The van der Waals surface area contributed by atoms with Crippen molar-refractivity contribution in [1.29, 1.82) is 0 Å². The number of aliphatic hydroxyl groups excluding tert-OH is 1. The fourth-order valence-electron chi connectivity index (χ4n) is 1.10. The molecule has 0 saturated heterocycles. The maximum Gasteiger partial charge on any atom is 0.336 e. The van der Waals surface area contributed by atoms with Crippen LogP contribution < -0.4 is 4.72 Å². The molecule has 0 aliphatic rings.